The Hall–Kier alpha value is -2.27. The predicted octanol–water partition coefficient (Wildman–Crippen LogP) is 2.51. The first-order valence-electron chi connectivity index (χ1n) is 7.18. The van der Waals surface area contributed by atoms with Crippen LogP contribution in [-0.2, 0) is 13.0 Å². The molecule has 0 radical (unpaired) electrons. The fourth-order valence-electron chi connectivity index (χ4n) is 2.50. The van der Waals surface area contributed by atoms with Gasteiger partial charge in [-0.05, 0) is 24.6 Å². The maximum Gasteiger partial charge on any atom is 0.157 e. The maximum absolute atomic E-state index is 10.3. The normalized spacial score (nSPS) is 12.7. The van der Waals surface area contributed by atoms with Gasteiger partial charge in [-0.15, -0.1) is 0 Å². The zero-order valence-corrected chi connectivity index (χ0v) is 12.0. The third kappa shape index (κ3) is 2.78. The van der Waals surface area contributed by atoms with E-state index < -0.39 is 6.10 Å². The van der Waals surface area contributed by atoms with E-state index in [0.717, 1.165) is 29.8 Å². The van der Waals surface area contributed by atoms with Crippen molar-refractivity contribution in [2.24, 2.45) is 0 Å². The number of aryl methyl sites for hydroxylation is 1. The van der Waals surface area contributed by atoms with Crippen molar-refractivity contribution >= 4 is 11.0 Å². The molecule has 1 atom stereocenters. The Morgan fingerprint density at radius 3 is 2.67 bits per heavy atom. The Morgan fingerprint density at radius 2 is 1.90 bits per heavy atom. The number of hydrogen-bond acceptors (Lipinski definition) is 4. The van der Waals surface area contributed by atoms with Gasteiger partial charge >= 0.3 is 0 Å². The molecule has 3 aromatic rings. The van der Waals surface area contributed by atoms with Crippen LogP contribution in [0.15, 0.2) is 42.7 Å². The highest BCUT2D eigenvalue weighted by Gasteiger charge is 2.17. The first-order valence-corrected chi connectivity index (χ1v) is 7.18. The Balaban J connectivity index is 1.94. The summed E-state index contributed by atoms with van der Waals surface area (Å²) < 4.78 is 2.17. The molecular weight excluding hydrogens is 264 g/mol. The van der Waals surface area contributed by atoms with Crippen molar-refractivity contribution in [2.45, 2.75) is 32.4 Å². The molecule has 5 nitrogen and oxygen atoms in total. The lowest BCUT2D eigenvalue weighted by molar-refractivity contribution is 0.164. The van der Waals surface area contributed by atoms with Crippen molar-refractivity contribution < 1.29 is 5.11 Å². The monoisotopic (exact) mass is 282 g/mol. The van der Waals surface area contributed by atoms with Crippen LogP contribution in [0.25, 0.3) is 11.0 Å². The molecule has 2 aromatic heterocycles. The minimum Gasteiger partial charge on any atom is -0.385 e. The average molecular weight is 282 g/mol. The van der Waals surface area contributed by atoms with E-state index in [-0.39, 0.29) is 0 Å². The minimum atomic E-state index is -0.737. The van der Waals surface area contributed by atoms with E-state index in [2.05, 4.69) is 32.5 Å². The quantitative estimate of drug-likeness (QED) is 0.781. The molecule has 1 aromatic carbocycles. The largest absolute Gasteiger partial charge is 0.385 e. The van der Waals surface area contributed by atoms with Gasteiger partial charge in [0.1, 0.15) is 11.9 Å². The summed E-state index contributed by atoms with van der Waals surface area (Å²) in [7, 11) is 0. The molecule has 0 aliphatic carbocycles. The molecule has 1 N–H and O–H groups in total. The highest BCUT2D eigenvalue weighted by molar-refractivity contribution is 5.75. The molecule has 0 bridgehead atoms. The van der Waals surface area contributed by atoms with Crippen molar-refractivity contribution in [3.63, 3.8) is 0 Å². The molecule has 1 unspecified atom stereocenters. The molecular formula is C16H18N4O. The number of fused-ring (bicyclic) bond motifs is 1. The van der Waals surface area contributed by atoms with Crippen LogP contribution in [0.5, 0.6) is 0 Å². The highest BCUT2D eigenvalue weighted by atomic mass is 16.3. The Morgan fingerprint density at radius 1 is 1.14 bits per heavy atom. The summed E-state index contributed by atoms with van der Waals surface area (Å²) in [5.74, 6) is 1.31. The molecule has 0 saturated carbocycles. The number of para-hydroxylation sites is 2. The van der Waals surface area contributed by atoms with Gasteiger partial charge in [0.25, 0.3) is 0 Å². The fraction of sp³-hybridized carbons (Fsp3) is 0.312. The SMILES string of the molecule is CCCn1c(CC(O)c2ncccn2)nc2ccccc21. The molecule has 3 rings (SSSR count). The number of aromatic nitrogens is 4. The van der Waals surface area contributed by atoms with E-state index in [1.165, 1.54) is 0 Å². The second kappa shape index (κ2) is 6.01. The summed E-state index contributed by atoms with van der Waals surface area (Å²) in [6.07, 6.45) is 3.98. The third-order valence-corrected chi connectivity index (χ3v) is 3.44. The molecule has 2 heterocycles. The Bertz CT molecular complexity index is 723. The summed E-state index contributed by atoms with van der Waals surface area (Å²) in [6.45, 7) is 3.02. The molecule has 0 fully saturated rings. The van der Waals surface area contributed by atoms with Crippen LogP contribution in [0.1, 0.15) is 31.1 Å². The molecule has 108 valence electrons. The summed E-state index contributed by atoms with van der Waals surface area (Å²) >= 11 is 0. The van der Waals surface area contributed by atoms with Crippen LogP contribution in [-0.4, -0.2) is 24.6 Å². The van der Waals surface area contributed by atoms with Crippen molar-refractivity contribution in [1.29, 1.82) is 0 Å². The number of rotatable bonds is 5. The van der Waals surface area contributed by atoms with E-state index in [1.807, 2.05) is 18.2 Å². The standard InChI is InChI=1S/C16H18N4O/c1-2-10-20-13-7-4-3-6-12(13)19-15(20)11-14(21)16-17-8-5-9-18-16/h3-9,14,21H,2,10-11H2,1H3. The van der Waals surface area contributed by atoms with Crippen LogP contribution >= 0.6 is 0 Å². The van der Waals surface area contributed by atoms with Gasteiger partial charge < -0.3 is 9.67 Å². The second-order valence-corrected chi connectivity index (χ2v) is 5.00. The Labute approximate surface area is 123 Å². The lowest BCUT2D eigenvalue weighted by Gasteiger charge is -2.11. The number of nitrogens with zero attached hydrogens (tertiary/aromatic N) is 4. The lowest BCUT2D eigenvalue weighted by atomic mass is 10.2. The van der Waals surface area contributed by atoms with Crippen LogP contribution in [0.3, 0.4) is 0 Å². The summed E-state index contributed by atoms with van der Waals surface area (Å²) in [6, 6.07) is 9.79. The van der Waals surface area contributed by atoms with E-state index in [4.69, 9.17) is 0 Å². The maximum atomic E-state index is 10.3. The van der Waals surface area contributed by atoms with Crippen molar-refractivity contribution in [1.82, 2.24) is 19.5 Å². The first kappa shape index (κ1) is 13.7. The van der Waals surface area contributed by atoms with Crippen molar-refractivity contribution in [3.05, 3.63) is 54.4 Å². The van der Waals surface area contributed by atoms with Crippen molar-refractivity contribution in [3.8, 4) is 0 Å². The van der Waals surface area contributed by atoms with E-state index in [1.54, 1.807) is 18.5 Å². The molecule has 0 spiro atoms. The molecule has 0 aliphatic heterocycles. The lowest BCUT2D eigenvalue weighted by Crippen LogP contribution is -2.11. The van der Waals surface area contributed by atoms with Gasteiger partial charge in [0, 0.05) is 25.4 Å². The van der Waals surface area contributed by atoms with Crippen LogP contribution < -0.4 is 0 Å². The van der Waals surface area contributed by atoms with Gasteiger partial charge in [0.05, 0.1) is 11.0 Å². The third-order valence-electron chi connectivity index (χ3n) is 3.44. The fourth-order valence-corrected chi connectivity index (χ4v) is 2.50. The molecule has 0 amide bonds. The van der Waals surface area contributed by atoms with Gasteiger partial charge in [-0.2, -0.15) is 0 Å². The number of benzene rings is 1. The molecule has 0 aliphatic rings. The van der Waals surface area contributed by atoms with E-state index >= 15 is 0 Å². The average Bonchev–Trinajstić information content (AvgIpc) is 2.86. The summed E-state index contributed by atoms with van der Waals surface area (Å²) in [5, 5.41) is 10.3. The minimum absolute atomic E-state index is 0.415. The smallest absolute Gasteiger partial charge is 0.157 e. The first-order chi connectivity index (χ1) is 10.3. The highest BCUT2D eigenvalue weighted by Crippen LogP contribution is 2.20. The number of aliphatic hydroxyl groups is 1. The predicted molar refractivity (Wildman–Crippen MR) is 80.7 cm³/mol. The second-order valence-electron chi connectivity index (χ2n) is 5.00. The molecule has 21 heavy (non-hydrogen) atoms. The van der Waals surface area contributed by atoms with Gasteiger partial charge in [-0.25, -0.2) is 15.0 Å². The van der Waals surface area contributed by atoms with Gasteiger partial charge in [-0.1, -0.05) is 19.1 Å². The van der Waals surface area contributed by atoms with Crippen LogP contribution in [0.2, 0.25) is 0 Å². The number of aliphatic hydroxyl groups excluding tert-OH is 1. The van der Waals surface area contributed by atoms with Crippen LogP contribution in [0, 0.1) is 0 Å². The number of imidazole rings is 1. The zero-order chi connectivity index (χ0) is 14.7. The molecule has 5 heteroatoms. The number of hydrogen-bond donors (Lipinski definition) is 1. The van der Waals surface area contributed by atoms with Gasteiger partial charge in [0.15, 0.2) is 5.82 Å². The topological polar surface area (TPSA) is 63.8 Å². The Kier molecular flexibility index (Phi) is 3.92. The van der Waals surface area contributed by atoms with Gasteiger partial charge in [0.2, 0.25) is 0 Å². The molecule has 0 saturated heterocycles. The van der Waals surface area contributed by atoms with E-state index in [0.29, 0.717) is 12.2 Å². The van der Waals surface area contributed by atoms with Crippen LogP contribution in [0.4, 0.5) is 0 Å². The van der Waals surface area contributed by atoms with Crippen molar-refractivity contribution in [2.75, 3.05) is 0 Å². The van der Waals surface area contributed by atoms with E-state index in [9.17, 15) is 5.11 Å². The summed E-state index contributed by atoms with van der Waals surface area (Å²) in [4.78, 5) is 12.9. The summed E-state index contributed by atoms with van der Waals surface area (Å²) in [5.41, 5.74) is 2.07. The van der Waals surface area contributed by atoms with Gasteiger partial charge in [-0.3, -0.25) is 0 Å². The zero-order valence-electron chi connectivity index (χ0n) is 12.0.